The Bertz CT molecular complexity index is 1130. The maximum Gasteiger partial charge on any atom is 0.253 e. The highest BCUT2D eigenvalue weighted by Crippen LogP contribution is 2.45. The molecule has 7 nitrogen and oxygen atoms in total. The summed E-state index contributed by atoms with van der Waals surface area (Å²) in [5.74, 6) is 2.29. The van der Waals surface area contributed by atoms with Crippen molar-refractivity contribution >= 4 is 17.8 Å². The standard InChI is InChI=1S/C27H33N3O4/c1-17(2)33-23-8-6-19(14-18(23)3)26(31)30-12-10-27(11-13-30)22(16-28)25(29-4)21-15-20(32-5)7-9-24(21)34-27/h6-9,14-17,28-29H,10-13H2,1-5H3. The Labute approximate surface area is 201 Å². The molecule has 2 aliphatic rings. The highest BCUT2D eigenvalue weighted by atomic mass is 16.5. The molecular weight excluding hydrogens is 430 g/mol. The molecule has 1 spiro atoms. The van der Waals surface area contributed by atoms with E-state index in [1.165, 1.54) is 6.21 Å². The number of carbonyl (C=O) groups excluding carboxylic acids is 1. The first-order valence-corrected chi connectivity index (χ1v) is 11.7. The lowest BCUT2D eigenvalue weighted by molar-refractivity contribution is 0.0290. The third kappa shape index (κ3) is 4.22. The second-order valence-corrected chi connectivity index (χ2v) is 9.08. The van der Waals surface area contributed by atoms with Gasteiger partial charge in [0, 0.05) is 55.9 Å². The van der Waals surface area contributed by atoms with Crippen LogP contribution in [-0.2, 0) is 0 Å². The number of amides is 1. The number of benzene rings is 2. The number of fused-ring (bicyclic) bond motifs is 1. The van der Waals surface area contributed by atoms with Gasteiger partial charge in [0.1, 0.15) is 22.8 Å². The van der Waals surface area contributed by atoms with Gasteiger partial charge >= 0.3 is 0 Å². The zero-order chi connectivity index (χ0) is 24.5. The van der Waals surface area contributed by atoms with Crippen molar-refractivity contribution in [2.45, 2.75) is 45.3 Å². The number of hydrogen-bond donors (Lipinski definition) is 2. The van der Waals surface area contributed by atoms with Crippen molar-refractivity contribution < 1.29 is 19.0 Å². The number of piperidine rings is 1. The summed E-state index contributed by atoms with van der Waals surface area (Å²) >= 11 is 0. The fourth-order valence-electron chi connectivity index (χ4n) is 4.83. The number of nitrogens with one attached hydrogen (secondary N) is 2. The summed E-state index contributed by atoms with van der Waals surface area (Å²) < 4.78 is 17.7. The Hall–Kier alpha value is -3.48. The maximum absolute atomic E-state index is 13.3. The minimum atomic E-state index is -0.649. The number of likely N-dealkylation sites (tertiary alicyclic amines) is 1. The van der Waals surface area contributed by atoms with E-state index in [9.17, 15) is 4.79 Å². The van der Waals surface area contributed by atoms with Gasteiger partial charge in [-0.25, -0.2) is 0 Å². The molecule has 180 valence electrons. The molecule has 0 saturated carbocycles. The van der Waals surface area contributed by atoms with Crippen LogP contribution >= 0.6 is 0 Å². The van der Waals surface area contributed by atoms with Crippen LogP contribution in [0.3, 0.4) is 0 Å². The van der Waals surface area contributed by atoms with E-state index in [0.717, 1.165) is 39.6 Å². The Kier molecular flexibility index (Phi) is 6.55. The third-order valence-corrected chi connectivity index (χ3v) is 6.56. The van der Waals surface area contributed by atoms with E-state index in [1.807, 2.05) is 69.1 Å². The van der Waals surface area contributed by atoms with Gasteiger partial charge in [0.05, 0.1) is 18.9 Å². The van der Waals surface area contributed by atoms with Crippen LogP contribution in [0.5, 0.6) is 17.2 Å². The zero-order valence-electron chi connectivity index (χ0n) is 20.5. The Morgan fingerprint density at radius 1 is 1.21 bits per heavy atom. The molecule has 1 fully saturated rings. The minimum absolute atomic E-state index is 0.00390. The molecule has 34 heavy (non-hydrogen) atoms. The summed E-state index contributed by atoms with van der Waals surface area (Å²) in [6.45, 7) is 7.02. The summed E-state index contributed by atoms with van der Waals surface area (Å²) in [7, 11) is 3.49. The van der Waals surface area contributed by atoms with Crippen LogP contribution in [0.15, 0.2) is 42.0 Å². The lowest BCUT2D eigenvalue weighted by atomic mass is 9.79. The van der Waals surface area contributed by atoms with Crippen molar-refractivity contribution in [2.75, 3.05) is 27.2 Å². The quantitative estimate of drug-likeness (QED) is 0.619. The zero-order valence-corrected chi connectivity index (χ0v) is 20.5. The summed E-state index contributed by atoms with van der Waals surface area (Å²) in [6, 6.07) is 11.3. The van der Waals surface area contributed by atoms with Crippen molar-refractivity contribution in [3.8, 4) is 17.2 Å². The van der Waals surface area contributed by atoms with Crippen LogP contribution in [0, 0.1) is 12.3 Å². The average molecular weight is 464 g/mol. The Morgan fingerprint density at radius 2 is 1.94 bits per heavy atom. The van der Waals surface area contributed by atoms with Gasteiger partial charge in [0.25, 0.3) is 5.91 Å². The molecule has 7 heteroatoms. The molecule has 0 atom stereocenters. The van der Waals surface area contributed by atoms with Gasteiger partial charge in [-0.2, -0.15) is 0 Å². The normalized spacial score (nSPS) is 16.7. The van der Waals surface area contributed by atoms with Crippen LogP contribution < -0.4 is 19.5 Å². The van der Waals surface area contributed by atoms with Gasteiger partial charge in [0.15, 0.2) is 0 Å². The SMILES string of the molecule is CNC1=C(C=N)C2(CCN(C(=O)c3ccc(OC(C)C)c(C)c3)CC2)Oc2ccc(OC)cc21. The molecular formula is C27H33N3O4. The molecule has 0 bridgehead atoms. The van der Waals surface area contributed by atoms with E-state index in [-0.39, 0.29) is 12.0 Å². The van der Waals surface area contributed by atoms with E-state index >= 15 is 0 Å². The number of aryl methyl sites for hydroxylation is 1. The Balaban J connectivity index is 1.56. The molecule has 0 aliphatic carbocycles. The van der Waals surface area contributed by atoms with Crippen molar-refractivity contribution in [1.82, 2.24) is 10.2 Å². The average Bonchev–Trinajstić information content (AvgIpc) is 2.84. The highest BCUT2D eigenvalue weighted by Gasteiger charge is 2.45. The molecule has 4 rings (SSSR count). The number of carbonyl (C=O) groups is 1. The van der Waals surface area contributed by atoms with Crippen molar-refractivity contribution in [3.63, 3.8) is 0 Å². The van der Waals surface area contributed by atoms with Gasteiger partial charge in [-0.05, 0) is 62.7 Å². The largest absolute Gasteiger partial charge is 0.497 e. The fourth-order valence-corrected chi connectivity index (χ4v) is 4.83. The van der Waals surface area contributed by atoms with Crippen LogP contribution in [-0.4, -0.2) is 56.0 Å². The maximum atomic E-state index is 13.3. The Morgan fingerprint density at radius 3 is 2.53 bits per heavy atom. The van der Waals surface area contributed by atoms with Crippen LogP contribution in [0.1, 0.15) is 48.2 Å². The molecule has 2 N–H and O–H groups in total. The molecule has 2 aromatic rings. The molecule has 0 aromatic heterocycles. The second kappa shape index (κ2) is 9.41. The molecule has 2 heterocycles. The van der Waals surface area contributed by atoms with Crippen LogP contribution in [0.25, 0.3) is 5.70 Å². The monoisotopic (exact) mass is 463 g/mol. The van der Waals surface area contributed by atoms with Crippen molar-refractivity contribution in [2.24, 2.45) is 0 Å². The third-order valence-electron chi connectivity index (χ3n) is 6.56. The van der Waals surface area contributed by atoms with Crippen molar-refractivity contribution in [3.05, 3.63) is 58.7 Å². The first-order valence-electron chi connectivity index (χ1n) is 11.7. The molecule has 2 aromatic carbocycles. The predicted molar refractivity (Wildman–Crippen MR) is 133 cm³/mol. The highest BCUT2D eigenvalue weighted by molar-refractivity contribution is 5.96. The number of nitrogens with zero attached hydrogens (tertiary/aromatic N) is 1. The number of rotatable bonds is 6. The van der Waals surface area contributed by atoms with E-state index in [2.05, 4.69) is 5.32 Å². The first-order chi connectivity index (χ1) is 16.3. The molecule has 0 radical (unpaired) electrons. The number of ether oxygens (including phenoxy) is 3. The summed E-state index contributed by atoms with van der Waals surface area (Å²) in [5, 5.41) is 11.4. The topological polar surface area (TPSA) is 83.9 Å². The number of hydrogen-bond acceptors (Lipinski definition) is 6. The summed E-state index contributed by atoms with van der Waals surface area (Å²) in [4.78, 5) is 15.1. The van der Waals surface area contributed by atoms with Crippen molar-refractivity contribution in [1.29, 1.82) is 5.41 Å². The van der Waals surface area contributed by atoms with Gasteiger partial charge in [-0.3, -0.25) is 4.79 Å². The van der Waals surface area contributed by atoms with E-state index in [1.54, 1.807) is 7.11 Å². The molecule has 0 unspecified atom stereocenters. The first kappa shape index (κ1) is 23.7. The minimum Gasteiger partial charge on any atom is -0.497 e. The van der Waals surface area contributed by atoms with Gasteiger partial charge in [-0.15, -0.1) is 0 Å². The molecule has 2 aliphatic heterocycles. The van der Waals surface area contributed by atoms with Crippen LogP contribution in [0.2, 0.25) is 0 Å². The fraction of sp³-hybridized carbons (Fsp3) is 0.407. The van der Waals surface area contributed by atoms with Gasteiger partial charge in [-0.1, -0.05) is 0 Å². The molecule has 1 amide bonds. The summed E-state index contributed by atoms with van der Waals surface area (Å²) in [5.41, 5.74) is 3.50. The second-order valence-electron chi connectivity index (χ2n) is 9.08. The smallest absolute Gasteiger partial charge is 0.253 e. The van der Waals surface area contributed by atoms with E-state index < -0.39 is 5.60 Å². The summed E-state index contributed by atoms with van der Waals surface area (Å²) in [6.07, 6.45) is 2.67. The number of methoxy groups -OCH3 is 1. The van der Waals surface area contributed by atoms with Crippen LogP contribution in [0.4, 0.5) is 0 Å². The van der Waals surface area contributed by atoms with Gasteiger partial charge < -0.3 is 29.8 Å². The van der Waals surface area contributed by atoms with E-state index in [4.69, 9.17) is 19.6 Å². The van der Waals surface area contributed by atoms with Gasteiger partial charge in [0.2, 0.25) is 0 Å². The lowest BCUT2D eigenvalue weighted by Gasteiger charge is -2.45. The van der Waals surface area contributed by atoms with E-state index in [0.29, 0.717) is 31.5 Å². The lowest BCUT2D eigenvalue weighted by Crippen LogP contribution is -2.53. The molecule has 1 saturated heterocycles. The predicted octanol–water partition coefficient (Wildman–Crippen LogP) is 4.44.